The molecule has 4 aliphatic rings. The molecule has 3 heterocycles. The summed E-state index contributed by atoms with van der Waals surface area (Å²) in [6.07, 6.45) is 6.49. The second kappa shape index (κ2) is 11.6. The van der Waals surface area contributed by atoms with E-state index < -0.39 is 29.4 Å². The van der Waals surface area contributed by atoms with Gasteiger partial charge in [-0.15, -0.1) is 0 Å². The van der Waals surface area contributed by atoms with Crippen molar-refractivity contribution in [2.24, 2.45) is 29.1 Å². The van der Waals surface area contributed by atoms with Gasteiger partial charge in [0, 0.05) is 23.4 Å². The Morgan fingerprint density at radius 2 is 1.86 bits per heavy atom. The Morgan fingerprint density at radius 1 is 1.05 bits per heavy atom. The Kier molecular flexibility index (Phi) is 8.03. The van der Waals surface area contributed by atoms with Gasteiger partial charge in [0.1, 0.15) is 24.0 Å². The Morgan fingerprint density at radius 3 is 2.60 bits per heavy atom. The number of ether oxygens (including phenoxy) is 3. The lowest BCUT2D eigenvalue weighted by molar-refractivity contribution is -0.159. The van der Waals surface area contributed by atoms with Gasteiger partial charge in [-0.25, -0.2) is 9.78 Å². The number of pyridine rings is 1. The molecule has 1 aromatic carbocycles. The van der Waals surface area contributed by atoms with Gasteiger partial charge in [-0.1, -0.05) is 33.6 Å². The number of aliphatic carboxylic acids is 1. The van der Waals surface area contributed by atoms with Gasteiger partial charge in [0.25, 0.3) is 0 Å². The molecular weight excluding hydrogens is 548 g/mol. The molecule has 6 rings (SSSR count). The van der Waals surface area contributed by atoms with E-state index in [1.54, 1.807) is 7.11 Å². The molecule has 1 N–H and O–H groups in total. The van der Waals surface area contributed by atoms with Crippen LogP contribution in [0.1, 0.15) is 77.7 Å². The summed E-state index contributed by atoms with van der Waals surface area (Å²) in [4.78, 5) is 46.0. The third kappa shape index (κ3) is 6.18. The van der Waals surface area contributed by atoms with E-state index >= 15 is 0 Å². The van der Waals surface area contributed by atoms with Crippen LogP contribution < -0.4 is 9.47 Å². The van der Waals surface area contributed by atoms with Gasteiger partial charge in [-0.05, 0) is 73.5 Å². The lowest BCUT2D eigenvalue weighted by Gasteiger charge is -2.34. The number of aromatic nitrogens is 1. The van der Waals surface area contributed by atoms with E-state index in [1.807, 2.05) is 39.0 Å². The smallest absolute Gasteiger partial charge is 0.326 e. The van der Waals surface area contributed by atoms with Crippen molar-refractivity contribution in [3.63, 3.8) is 0 Å². The first-order valence-corrected chi connectivity index (χ1v) is 15.9. The van der Waals surface area contributed by atoms with Crippen molar-refractivity contribution < 1.29 is 33.7 Å². The molecule has 1 saturated heterocycles. The maximum absolute atomic E-state index is 14.1. The molecule has 2 aliphatic carbocycles. The number of hydrogen-bond acceptors (Lipinski definition) is 7. The first-order valence-electron chi connectivity index (χ1n) is 15.9. The van der Waals surface area contributed by atoms with Crippen LogP contribution in [-0.4, -0.2) is 64.7 Å². The predicted molar refractivity (Wildman–Crippen MR) is 160 cm³/mol. The molecule has 232 valence electrons. The summed E-state index contributed by atoms with van der Waals surface area (Å²) in [5.74, 6) is 0.358. The van der Waals surface area contributed by atoms with E-state index in [2.05, 4.69) is 6.07 Å². The van der Waals surface area contributed by atoms with Gasteiger partial charge < -0.3 is 24.2 Å². The molecule has 9 nitrogen and oxygen atoms in total. The fraction of sp³-hybridized carbons (Fsp3) is 0.647. The highest BCUT2D eigenvalue weighted by Crippen LogP contribution is 2.58. The molecule has 2 aromatic rings. The number of aryl methyl sites for hydroxylation is 1. The molecule has 43 heavy (non-hydrogen) atoms. The van der Waals surface area contributed by atoms with Crippen LogP contribution in [0.4, 0.5) is 0 Å². The van der Waals surface area contributed by atoms with Gasteiger partial charge in [0.05, 0.1) is 31.5 Å². The lowest BCUT2D eigenvalue weighted by atomic mass is 9.77. The van der Waals surface area contributed by atoms with Gasteiger partial charge in [0.15, 0.2) is 0 Å². The van der Waals surface area contributed by atoms with Crippen molar-refractivity contribution in [2.75, 3.05) is 13.7 Å². The molecule has 1 aromatic heterocycles. The van der Waals surface area contributed by atoms with Gasteiger partial charge in [-0.3, -0.25) is 9.59 Å². The molecule has 0 spiro atoms. The summed E-state index contributed by atoms with van der Waals surface area (Å²) < 4.78 is 18.0. The van der Waals surface area contributed by atoms with Gasteiger partial charge >= 0.3 is 11.9 Å². The number of carboxylic acids is 1. The van der Waals surface area contributed by atoms with E-state index in [0.29, 0.717) is 29.4 Å². The number of hydrogen-bond donors (Lipinski definition) is 1. The number of fused-ring (bicyclic) bond motifs is 7. The molecule has 7 atom stereocenters. The maximum Gasteiger partial charge on any atom is 0.326 e. The normalized spacial score (nSPS) is 31.6. The van der Waals surface area contributed by atoms with E-state index in [1.165, 1.54) is 11.3 Å². The Labute approximate surface area is 253 Å². The minimum atomic E-state index is -1.08. The SMILES string of the molecule is COc1ccc2cc3c(nc2c1)O[C@@H]1C[C@@H](C(=O)O)N(C1)C(=O)[C@H](C(C)(C)C)CC(=O)O[C@@H]1C[C@@H]2C[C@@H]2[C@H]1CCCCC3. The largest absolute Gasteiger partial charge is 0.497 e. The topological polar surface area (TPSA) is 115 Å². The first kappa shape index (κ1) is 29.7. The highest BCUT2D eigenvalue weighted by molar-refractivity contribution is 5.89. The van der Waals surface area contributed by atoms with Crippen molar-refractivity contribution in [1.29, 1.82) is 0 Å². The van der Waals surface area contributed by atoms with E-state index in [4.69, 9.17) is 19.2 Å². The minimum Gasteiger partial charge on any atom is -0.497 e. The number of benzene rings is 1. The van der Waals surface area contributed by atoms with Gasteiger partial charge in [0.2, 0.25) is 11.8 Å². The molecule has 0 radical (unpaired) electrons. The Bertz CT molecular complexity index is 1400. The fourth-order valence-corrected chi connectivity index (χ4v) is 7.67. The van der Waals surface area contributed by atoms with Crippen LogP contribution in [0.3, 0.4) is 0 Å². The van der Waals surface area contributed by atoms with Crippen LogP contribution in [0.2, 0.25) is 0 Å². The van der Waals surface area contributed by atoms with Crippen LogP contribution in [0.25, 0.3) is 10.9 Å². The number of carbonyl (C=O) groups excluding carboxylic acids is 2. The van der Waals surface area contributed by atoms with Crippen molar-refractivity contribution in [3.8, 4) is 11.6 Å². The van der Waals surface area contributed by atoms with Crippen LogP contribution in [-0.2, 0) is 25.5 Å². The Balaban J connectivity index is 1.33. The summed E-state index contributed by atoms with van der Waals surface area (Å²) in [6.45, 7) is 5.87. The second-order valence-corrected chi connectivity index (χ2v) is 14.1. The molecule has 1 amide bonds. The molecule has 3 fully saturated rings. The minimum absolute atomic E-state index is 0.0620. The molecular formula is C34H44N2O7. The van der Waals surface area contributed by atoms with Crippen molar-refractivity contribution in [1.82, 2.24) is 9.88 Å². The van der Waals surface area contributed by atoms with E-state index in [9.17, 15) is 19.5 Å². The van der Waals surface area contributed by atoms with Crippen LogP contribution in [0.5, 0.6) is 11.6 Å². The highest BCUT2D eigenvalue weighted by Gasteiger charge is 2.54. The maximum atomic E-state index is 14.1. The number of esters is 1. The summed E-state index contributed by atoms with van der Waals surface area (Å²) in [7, 11) is 1.61. The fourth-order valence-electron chi connectivity index (χ4n) is 7.67. The second-order valence-electron chi connectivity index (χ2n) is 14.1. The number of methoxy groups -OCH3 is 1. The first-order chi connectivity index (χ1) is 20.5. The zero-order chi connectivity index (χ0) is 30.5. The van der Waals surface area contributed by atoms with E-state index in [-0.39, 0.29) is 37.4 Å². The number of amides is 1. The number of carboxylic acid groups (broad SMARTS) is 1. The van der Waals surface area contributed by atoms with Crippen molar-refractivity contribution in [3.05, 3.63) is 29.8 Å². The molecule has 2 aliphatic heterocycles. The molecule has 0 unspecified atom stereocenters. The molecule has 2 saturated carbocycles. The van der Waals surface area contributed by atoms with Crippen LogP contribution in [0.15, 0.2) is 24.3 Å². The van der Waals surface area contributed by atoms with Crippen LogP contribution >= 0.6 is 0 Å². The lowest BCUT2D eigenvalue weighted by Crippen LogP contribution is -2.47. The van der Waals surface area contributed by atoms with Crippen LogP contribution in [0, 0.1) is 29.1 Å². The monoisotopic (exact) mass is 592 g/mol. The highest BCUT2D eigenvalue weighted by atomic mass is 16.5. The average Bonchev–Trinajstić information content (AvgIpc) is 3.44. The summed E-state index contributed by atoms with van der Waals surface area (Å²) in [5, 5.41) is 11.1. The standard InChI is InChI=1S/C34H44N2O7/c1-34(2,3)26-17-30(37)43-29-14-21-13-25(21)24(29)9-7-5-6-8-20-12-19-10-11-22(41-4)15-27(19)35-31(20)42-23-16-28(33(39)40)36(18-23)32(26)38/h10-12,15,21,23-26,28-29H,5-9,13-14,16-18H2,1-4H3,(H,39,40)/t21-,23+,24+,25-,26+,28-,29+/m0/s1. The molecule has 2 bridgehead atoms. The molecule has 9 heteroatoms. The quantitative estimate of drug-likeness (QED) is 0.460. The summed E-state index contributed by atoms with van der Waals surface area (Å²) in [5.41, 5.74) is 1.15. The average molecular weight is 593 g/mol. The zero-order valence-corrected chi connectivity index (χ0v) is 25.7. The zero-order valence-electron chi connectivity index (χ0n) is 25.7. The van der Waals surface area contributed by atoms with Crippen molar-refractivity contribution >= 4 is 28.7 Å². The number of rotatable bonds is 2. The Hall–Kier alpha value is -3.36. The summed E-state index contributed by atoms with van der Waals surface area (Å²) in [6, 6.07) is 6.83. The summed E-state index contributed by atoms with van der Waals surface area (Å²) >= 11 is 0. The third-order valence-electron chi connectivity index (χ3n) is 10.2. The number of carbonyl (C=O) groups is 3. The predicted octanol–water partition coefficient (Wildman–Crippen LogP) is 5.41. The van der Waals surface area contributed by atoms with Gasteiger partial charge in [-0.2, -0.15) is 0 Å². The van der Waals surface area contributed by atoms with Crippen molar-refractivity contribution in [2.45, 2.75) is 96.8 Å². The third-order valence-corrected chi connectivity index (χ3v) is 10.2. The van der Waals surface area contributed by atoms with E-state index in [0.717, 1.165) is 55.0 Å². The number of nitrogens with zero attached hydrogens (tertiary/aromatic N) is 2.